The molecular weight excluding hydrogens is 272 g/mol. The van der Waals surface area contributed by atoms with Crippen molar-refractivity contribution in [2.45, 2.75) is 25.6 Å². The predicted molar refractivity (Wildman–Crippen MR) is 80.2 cm³/mol. The minimum atomic E-state index is -0.770. The molecule has 0 aliphatic carbocycles. The summed E-state index contributed by atoms with van der Waals surface area (Å²) in [6.45, 7) is 2.50. The summed E-state index contributed by atoms with van der Waals surface area (Å²) in [7, 11) is 1.51. The molecule has 1 aromatic rings. The second-order valence-electron chi connectivity index (χ2n) is 4.88. The number of ether oxygens (including phenoxy) is 2. The minimum Gasteiger partial charge on any atom is -0.491 e. The molecule has 0 bridgehead atoms. The number of carbonyl (C=O) groups is 1. The highest BCUT2D eigenvalue weighted by molar-refractivity contribution is 5.76. The quantitative estimate of drug-likeness (QED) is 0.606. The Bertz CT molecular complexity index is 435. The summed E-state index contributed by atoms with van der Waals surface area (Å²) in [6.07, 6.45) is -0.891. The van der Waals surface area contributed by atoms with E-state index in [-0.39, 0.29) is 38.1 Å². The van der Waals surface area contributed by atoms with Crippen molar-refractivity contribution >= 4 is 5.91 Å². The number of carbonyl (C=O) groups excluding carboxylic acids is 1. The first-order valence-electron chi connectivity index (χ1n) is 6.92. The van der Waals surface area contributed by atoms with Crippen molar-refractivity contribution in [1.82, 2.24) is 5.32 Å². The normalized spacial score (nSPS) is 13.5. The number of nitrogens with two attached hydrogens (primary N) is 1. The van der Waals surface area contributed by atoms with Gasteiger partial charge in [0.15, 0.2) is 0 Å². The summed E-state index contributed by atoms with van der Waals surface area (Å²) in [5.41, 5.74) is 6.52. The molecule has 0 saturated carbocycles. The Morgan fingerprint density at radius 2 is 2.24 bits per heavy atom. The molecule has 2 atom stereocenters. The Morgan fingerprint density at radius 1 is 1.48 bits per heavy atom. The van der Waals surface area contributed by atoms with Crippen LogP contribution in [0.2, 0.25) is 0 Å². The Kier molecular flexibility index (Phi) is 7.74. The summed E-state index contributed by atoms with van der Waals surface area (Å²) in [4.78, 5) is 11.6. The first-order chi connectivity index (χ1) is 10.0. The van der Waals surface area contributed by atoms with Crippen molar-refractivity contribution in [1.29, 1.82) is 0 Å². The van der Waals surface area contributed by atoms with Gasteiger partial charge in [0.2, 0.25) is 5.91 Å². The second kappa shape index (κ2) is 9.33. The SMILES string of the molecule is COC(CN)CC(=O)NCC(O)COc1cccc(C)c1. The molecule has 0 heterocycles. The van der Waals surface area contributed by atoms with E-state index < -0.39 is 6.10 Å². The Labute approximate surface area is 125 Å². The van der Waals surface area contributed by atoms with Crippen molar-refractivity contribution in [3.63, 3.8) is 0 Å². The zero-order chi connectivity index (χ0) is 15.7. The van der Waals surface area contributed by atoms with E-state index in [4.69, 9.17) is 15.2 Å². The van der Waals surface area contributed by atoms with Gasteiger partial charge in [-0.1, -0.05) is 12.1 Å². The van der Waals surface area contributed by atoms with E-state index in [9.17, 15) is 9.90 Å². The molecule has 0 radical (unpaired) electrons. The van der Waals surface area contributed by atoms with Crippen LogP contribution in [0.4, 0.5) is 0 Å². The van der Waals surface area contributed by atoms with Crippen molar-refractivity contribution < 1.29 is 19.4 Å². The van der Waals surface area contributed by atoms with Crippen LogP contribution in [0.3, 0.4) is 0 Å². The van der Waals surface area contributed by atoms with Crippen molar-refractivity contribution in [2.75, 3.05) is 26.8 Å². The third-order valence-corrected chi connectivity index (χ3v) is 2.98. The van der Waals surface area contributed by atoms with Gasteiger partial charge in [0.25, 0.3) is 0 Å². The number of nitrogens with one attached hydrogen (secondary N) is 1. The summed E-state index contributed by atoms with van der Waals surface area (Å²) >= 11 is 0. The monoisotopic (exact) mass is 296 g/mol. The third kappa shape index (κ3) is 7.08. The molecule has 2 unspecified atom stereocenters. The maximum atomic E-state index is 11.6. The van der Waals surface area contributed by atoms with Gasteiger partial charge < -0.3 is 25.6 Å². The zero-order valence-electron chi connectivity index (χ0n) is 12.5. The number of aliphatic hydroxyl groups excluding tert-OH is 1. The molecule has 0 aliphatic rings. The molecule has 21 heavy (non-hydrogen) atoms. The van der Waals surface area contributed by atoms with E-state index in [2.05, 4.69) is 5.32 Å². The molecular formula is C15H24N2O4. The van der Waals surface area contributed by atoms with Crippen LogP contribution in [0.15, 0.2) is 24.3 Å². The van der Waals surface area contributed by atoms with Crippen molar-refractivity contribution in [3.05, 3.63) is 29.8 Å². The van der Waals surface area contributed by atoms with Crippen LogP contribution in [-0.2, 0) is 9.53 Å². The fraction of sp³-hybridized carbons (Fsp3) is 0.533. The number of benzene rings is 1. The van der Waals surface area contributed by atoms with Gasteiger partial charge in [-0.15, -0.1) is 0 Å². The molecule has 0 saturated heterocycles. The van der Waals surface area contributed by atoms with E-state index >= 15 is 0 Å². The van der Waals surface area contributed by atoms with E-state index in [1.165, 1.54) is 7.11 Å². The lowest BCUT2D eigenvalue weighted by atomic mass is 10.2. The molecule has 4 N–H and O–H groups in total. The standard InChI is InChI=1S/C15H24N2O4/c1-11-4-3-5-13(6-11)21-10-12(18)9-17-15(19)7-14(8-16)20-2/h3-6,12,14,18H,7-10,16H2,1-2H3,(H,17,19). The van der Waals surface area contributed by atoms with Gasteiger partial charge >= 0.3 is 0 Å². The lowest BCUT2D eigenvalue weighted by molar-refractivity contribution is -0.123. The van der Waals surface area contributed by atoms with Crippen LogP contribution in [-0.4, -0.2) is 50.0 Å². The average Bonchev–Trinajstić information content (AvgIpc) is 2.48. The van der Waals surface area contributed by atoms with Gasteiger partial charge in [0.1, 0.15) is 18.5 Å². The first kappa shape index (κ1) is 17.4. The Balaban J connectivity index is 2.24. The average molecular weight is 296 g/mol. The molecule has 0 aromatic heterocycles. The van der Waals surface area contributed by atoms with E-state index in [0.717, 1.165) is 5.56 Å². The molecule has 1 amide bonds. The lowest BCUT2D eigenvalue weighted by Crippen LogP contribution is -2.38. The summed E-state index contributed by atoms with van der Waals surface area (Å²) in [5, 5.41) is 12.4. The highest BCUT2D eigenvalue weighted by atomic mass is 16.5. The van der Waals surface area contributed by atoms with Gasteiger partial charge in [-0.2, -0.15) is 0 Å². The molecule has 0 spiro atoms. The van der Waals surface area contributed by atoms with Crippen LogP contribution in [0.1, 0.15) is 12.0 Å². The molecule has 6 nitrogen and oxygen atoms in total. The van der Waals surface area contributed by atoms with E-state index in [1.807, 2.05) is 31.2 Å². The zero-order valence-corrected chi connectivity index (χ0v) is 12.5. The van der Waals surface area contributed by atoms with Gasteiger partial charge in [-0.25, -0.2) is 0 Å². The van der Waals surface area contributed by atoms with Crippen LogP contribution >= 0.6 is 0 Å². The Hall–Kier alpha value is -1.63. The highest BCUT2D eigenvalue weighted by Gasteiger charge is 2.13. The van der Waals surface area contributed by atoms with Gasteiger partial charge in [0.05, 0.1) is 12.5 Å². The number of hydrogen-bond acceptors (Lipinski definition) is 5. The van der Waals surface area contributed by atoms with Crippen LogP contribution in [0, 0.1) is 6.92 Å². The number of aliphatic hydroxyl groups is 1. The number of methoxy groups -OCH3 is 1. The van der Waals surface area contributed by atoms with Gasteiger partial charge in [-0.3, -0.25) is 4.79 Å². The van der Waals surface area contributed by atoms with Crippen LogP contribution in [0.25, 0.3) is 0 Å². The van der Waals surface area contributed by atoms with E-state index in [1.54, 1.807) is 0 Å². The van der Waals surface area contributed by atoms with Gasteiger partial charge in [0, 0.05) is 20.2 Å². The number of hydrogen-bond donors (Lipinski definition) is 3. The number of rotatable bonds is 9. The fourth-order valence-electron chi connectivity index (χ4n) is 1.73. The maximum absolute atomic E-state index is 11.6. The topological polar surface area (TPSA) is 93.8 Å². The molecule has 1 aromatic carbocycles. The smallest absolute Gasteiger partial charge is 0.222 e. The van der Waals surface area contributed by atoms with Crippen LogP contribution in [0.5, 0.6) is 5.75 Å². The second-order valence-corrected chi connectivity index (χ2v) is 4.88. The van der Waals surface area contributed by atoms with Crippen molar-refractivity contribution in [2.24, 2.45) is 5.73 Å². The first-order valence-corrected chi connectivity index (χ1v) is 6.92. The van der Waals surface area contributed by atoms with Crippen LogP contribution < -0.4 is 15.8 Å². The number of amides is 1. The van der Waals surface area contributed by atoms with E-state index in [0.29, 0.717) is 5.75 Å². The molecule has 6 heteroatoms. The molecule has 118 valence electrons. The molecule has 0 fully saturated rings. The highest BCUT2D eigenvalue weighted by Crippen LogP contribution is 2.12. The lowest BCUT2D eigenvalue weighted by Gasteiger charge is -2.15. The third-order valence-electron chi connectivity index (χ3n) is 2.98. The summed E-state index contributed by atoms with van der Waals surface area (Å²) < 4.78 is 10.5. The largest absolute Gasteiger partial charge is 0.491 e. The molecule has 1 rings (SSSR count). The Morgan fingerprint density at radius 3 is 2.86 bits per heavy atom. The minimum absolute atomic E-state index is 0.119. The predicted octanol–water partition coefficient (Wildman–Crippen LogP) is 0.215. The maximum Gasteiger partial charge on any atom is 0.222 e. The summed E-state index contributed by atoms with van der Waals surface area (Å²) in [6, 6.07) is 7.56. The number of aryl methyl sites for hydroxylation is 1. The molecule has 0 aliphatic heterocycles. The van der Waals surface area contributed by atoms with Gasteiger partial charge in [-0.05, 0) is 24.6 Å². The summed E-state index contributed by atoms with van der Waals surface area (Å²) in [5.74, 6) is 0.491. The van der Waals surface area contributed by atoms with Crippen molar-refractivity contribution in [3.8, 4) is 5.75 Å². The fourth-order valence-corrected chi connectivity index (χ4v) is 1.73.